The fraction of sp³-hybridized carbons (Fsp3) is 0.304. The fourth-order valence-electron chi connectivity index (χ4n) is 3.76. The molecule has 2 aromatic heterocycles. The highest BCUT2D eigenvalue weighted by Crippen LogP contribution is 2.38. The van der Waals surface area contributed by atoms with E-state index in [2.05, 4.69) is 59.3 Å². The second-order valence-electron chi connectivity index (χ2n) is 7.15. The van der Waals surface area contributed by atoms with Gasteiger partial charge in [0.2, 0.25) is 5.91 Å². The molecule has 4 nitrogen and oxygen atoms in total. The van der Waals surface area contributed by atoms with Crippen LogP contribution < -0.4 is 10.6 Å². The Bertz CT molecular complexity index is 1030. The molecule has 0 saturated carbocycles. The van der Waals surface area contributed by atoms with E-state index in [1.54, 1.807) is 22.7 Å². The van der Waals surface area contributed by atoms with Gasteiger partial charge in [-0.15, -0.1) is 22.7 Å². The molecule has 0 aliphatic heterocycles. The lowest BCUT2D eigenvalue weighted by atomic mass is 10.0. The average Bonchev–Trinajstić information content (AvgIpc) is 3.46. The van der Waals surface area contributed by atoms with Crippen molar-refractivity contribution in [3.05, 3.63) is 73.8 Å². The summed E-state index contributed by atoms with van der Waals surface area (Å²) in [5, 5.41) is 18.6. The Morgan fingerprint density at radius 3 is 2.76 bits per heavy atom. The van der Waals surface area contributed by atoms with Crippen molar-refractivity contribution < 1.29 is 4.79 Å². The van der Waals surface area contributed by atoms with Crippen LogP contribution in [0.25, 0.3) is 0 Å². The normalized spacial score (nSPS) is 13.7. The second-order valence-corrected chi connectivity index (χ2v) is 9.23. The van der Waals surface area contributed by atoms with Crippen molar-refractivity contribution in [3.8, 4) is 6.07 Å². The van der Waals surface area contributed by atoms with E-state index in [4.69, 9.17) is 0 Å². The van der Waals surface area contributed by atoms with Gasteiger partial charge in [-0.3, -0.25) is 10.1 Å². The summed E-state index contributed by atoms with van der Waals surface area (Å²) >= 11 is 3.23. The maximum Gasteiger partial charge on any atom is 0.238 e. The van der Waals surface area contributed by atoms with Gasteiger partial charge < -0.3 is 5.32 Å². The lowest BCUT2D eigenvalue weighted by molar-refractivity contribution is -0.115. The molecule has 1 unspecified atom stereocenters. The third-order valence-corrected chi connectivity index (χ3v) is 7.45. The molecule has 0 bridgehead atoms. The number of thiophene rings is 2. The van der Waals surface area contributed by atoms with Crippen LogP contribution in [0.3, 0.4) is 0 Å². The number of nitrogens with zero attached hydrogens (tertiary/aromatic N) is 1. The molecule has 1 amide bonds. The molecule has 29 heavy (non-hydrogen) atoms. The second kappa shape index (κ2) is 8.91. The zero-order chi connectivity index (χ0) is 20.2. The van der Waals surface area contributed by atoms with Crippen LogP contribution in [0.2, 0.25) is 0 Å². The van der Waals surface area contributed by atoms with E-state index in [1.807, 2.05) is 6.07 Å². The van der Waals surface area contributed by atoms with Crippen molar-refractivity contribution in [3.63, 3.8) is 0 Å². The molecule has 0 radical (unpaired) electrons. The van der Waals surface area contributed by atoms with Crippen LogP contribution in [-0.4, -0.2) is 12.5 Å². The molecule has 0 spiro atoms. The topological polar surface area (TPSA) is 64.9 Å². The first-order chi connectivity index (χ1) is 14.2. The maximum absolute atomic E-state index is 12.6. The first-order valence-corrected chi connectivity index (χ1v) is 11.6. The number of aryl methyl sites for hydroxylation is 2. The van der Waals surface area contributed by atoms with Gasteiger partial charge in [-0.25, -0.2) is 0 Å². The predicted molar refractivity (Wildman–Crippen MR) is 120 cm³/mol. The minimum Gasteiger partial charge on any atom is -0.315 e. The fourth-order valence-corrected chi connectivity index (χ4v) is 5.84. The summed E-state index contributed by atoms with van der Waals surface area (Å²) in [7, 11) is 0. The summed E-state index contributed by atoms with van der Waals surface area (Å²) in [4.78, 5) is 15.1. The van der Waals surface area contributed by atoms with E-state index in [0.717, 1.165) is 36.8 Å². The highest BCUT2D eigenvalue weighted by Gasteiger charge is 2.23. The zero-order valence-corrected chi connectivity index (χ0v) is 18.0. The number of carbonyl (C=O) groups excluding carboxylic acids is 1. The van der Waals surface area contributed by atoms with Gasteiger partial charge in [0.15, 0.2) is 0 Å². The number of fused-ring (bicyclic) bond motifs is 1. The van der Waals surface area contributed by atoms with E-state index in [-0.39, 0.29) is 18.5 Å². The van der Waals surface area contributed by atoms with Crippen LogP contribution >= 0.6 is 22.7 Å². The Morgan fingerprint density at radius 1 is 1.24 bits per heavy atom. The molecule has 148 valence electrons. The average molecular weight is 422 g/mol. The smallest absolute Gasteiger partial charge is 0.238 e. The van der Waals surface area contributed by atoms with Crippen molar-refractivity contribution in [1.29, 1.82) is 5.26 Å². The standard InChI is InChI=1S/C23H23N3OS2/c1-2-15-8-10-16(11-9-15)22(20-7-4-12-28-20)25-14-21(27)26-23-18(13-24)17-5-3-6-19(17)29-23/h4,7-12,22,25H,2-3,5-6,14H2,1H3,(H,26,27). The maximum atomic E-state index is 12.6. The van der Waals surface area contributed by atoms with E-state index >= 15 is 0 Å². The Morgan fingerprint density at radius 2 is 2.07 bits per heavy atom. The van der Waals surface area contributed by atoms with Crippen molar-refractivity contribution in [2.45, 2.75) is 38.6 Å². The van der Waals surface area contributed by atoms with Crippen molar-refractivity contribution >= 4 is 33.6 Å². The van der Waals surface area contributed by atoms with E-state index < -0.39 is 0 Å². The lowest BCUT2D eigenvalue weighted by Gasteiger charge is -2.18. The Hall–Kier alpha value is -2.46. The Balaban J connectivity index is 1.46. The third kappa shape index (κ3) is 4.27. The number of rotatable bonds is 7. The van der Waals surface area contributed by atoms with Crippen LogP contribution in [0.5, 0.6) is 0 Å². The number of amides is 1. The number of anilines is 1. The Labute approximate surface area is 179 Å². The highest BCUT2D eigenvalue weighted by molar-refractivity contribution is 7.16. The number of hydrogen-bond acceptors (Lipinski definition) is 5. The van der Waals surface area contributed by atoms with Gasteiger partial charge in [0.1, 0.15) is 11.1 Å². The summed E-state index contributed by atoms with van der Waals surface area (Å²) < 4.78 is 0. The third-order valence-electron chi connectivity index (χ3n) is 5.30. The lowest BCUT2D eigenvalue weighted by Crippen LogP contribution is -2.31. The number of carbonyl (C=O) groups is 1. The SMILES string of the molecule is CCc1ccc(C(NCC(=O)Nc2sc3c(c2C#N)CCC3)c2cccs2)cc1. The molecule has 6 heteroatoms. The molecule has 3 aromatic rings. The van der Waals surface area contributed by atoms with Gasteiger partial charge in [0.25, 0.3) is 0 Å². The van der Waals surface area contributed by atoms with Crippen LogP contribution in [0, 0.1) is 11.3 Å². The van der Waals surface area contributed by atoms with Gasteiger partial charge >= 0.3 is 0 Å². The van der Waals surface area contributed by atoms with Crippen LogP contribution in [0.1, 0.15) is 51.4 Å². The Kier molecular flexibility index (Phi) is 6.10. The summed E-state index contributed by atoms with van der Waals surface area (Å²) in [5.74, 6) is -0.117. The van der Waals surface area contributed by atoms with Crippen molar-refractivity contribution in [2.24, 2.45) is 0 Å². The van der Waals surface area contributed by atoms with Crippen molar-refractivity contribution in [2.75, 3.05) is 11.9 Å². The summed E-state index contributed by atoms with van der Waals surface area (Å²) in [5.41, 5.74) is 4.23. The molecular weight excluding hydrogens is 398 g/mol. The molecule has 1 aliphatic carbocycles. The monoisotopic (exact) mass is 421 g/mol. The van der Waals surface area contributed by atoms with Gasteiger partial charge in [0.05, 0.1) is 18.2 Å². The molecule has 2 N–H and O–H groups in total. The van der Waals surface area contributed by atoms with E-state index in [1.165, 1.54) is 15.3 Å². The van der Waals surface area contributed by atoms with Crippen LogP contribution in [-0.2, 0) is 24.1 Å². The zero-order valence-electron chi connectivity index (χ0n) is 16.3. The highest BCUT2D eigenvalue weighted by atomic mass is 32.1. The van der Waals surface area contributed by atoms with Gasteiger partial charge in [0, 0.05) is 9.75 Å². The molecule has 1 aromatic carbocycles. The summed E-state index contributed by atoms with van der Waals surface area (Å²) in [6.45, 7) is 2.33. The van der Waals surface area contributed by atoms with Gasteiger partial charge in [-0.05, 0) is 53.8 Å². The van der Waals surface area contributed by atoms with Crippen LogP contribution in [0.15, 0.2) is 41.8 Å². The van der Waals surface area contributed by atoms with Gasteiger partial charge in [-0.2, -0.15) is 5.26 Å². The summed E-state index contributed by atoms with van der Waals surface area (Å²) in [6.07, 6.45) is 4.06. The number of benzene rings is 1. The van der Waals surface area contributed by atoms with Gasteiger partial charge in [-0.1, -0.05) is 37.3 Å². The van der Waals surface area contributed by atoms with Crippen molar-refractivity contribution in [1.82, 2.24) is 5.32 Å². The summed E-state index contributed by atoms with van der Waals surface area (Å²) in [6, 6.07) is 14.9. The molecule has 4 rings (SSSR count). The molecule has 0 fully saturated rings. The quantitative estimate of drug-likeness (QED) is 0.561. The predicted octanol–water partition coefficient (Wildman–Crippen LogP) is 5.05. The first-order valence-electron chi connectivity index (χ1n) is 9.89. The number of nitriles is 1. The molecule has 1 atom stereocenters. The molecule has 1 aliphatic rings. The molecule has 0 saturated heterocycles. The largest absolute Gasteiger partial charge is 0.315 e. The minimum absolute atomic E-state index is 0.0320. The first kappa shape index (κ1) is 19.8. The molecular formula is C23H23N3OS2. The van der Waals surface area contributed by atoms with E-state index in [9.17, 15) is 10.1 Å². The number of nitrogens with one attached hydrogen (secondary N) is 2. The van der Waals surface area contributed by atoms with E-state index in [0.29, 0.717) is 10.6 Å². The number of hydrogen-bond donors (Lipinski definition) is 2. The minimum atomic E-state index is -0.117. The van der Waals surface area contributed by atoms with Crippen LogP contribution in [0.4, 0.5) is 5.00 Å². The molecule has 2 heterocycles.